The lowest BCUT2D eigenvalue weighted by Gasteiger charge is -2.16. The van der Waals surface area contributed by atoms with E-state index in [4.69, 9.17) is 9.47 Å². The molecule has 25 heavy (non-hydrogen) atoms. The van der Waals surface area contributed by atoms with Crippen molar-refractivity contribution >= 4 is 22.5 Å². The monoisotopic (exact) mass is 362 g/mol. The minimum atomic E-state index is -0.166. The molecule has 1 atom stereocenters. The minimum Gasteiger partial charge on any atom is -0.493 e. The second kappa shape index (κ2) is 8.06. The number of amides is 2. The number of hydrogen-bond donors (Lipinski definition) is 2. The first-order chi connectivity index (χ1) is 12.2. The molecule has 1 saturated heterocycles. The molecule has 2 heterocycles. The van der Waals surface area contributed by atoms with Crippen molar-refractivity contribution in [2.75, 3.05) is 32.2 Å². The Balaban J connectivity index is 1.47. The summed E-state index contributed by atoms with van der Waals surface area (Å²) in [6, 6.07) is 5.56. The number of nitrogens with one attached hydrogen (secondary N) is 2. The molecule has 1 fully saturated rings. The van der Waals surface area contributed by atoms with E-state index < -0.39 is 0 Å². The summed E-state index contributed by atoms with van der Waals surface area (Å²) in [4.78, 5) is 18.6. The molecule has 1 aliphatic heterocycles. The Hall–Kier alpha value is -2.48. The number of thiazole rings is 1. The number of aromatic nitrogens is 1. The SMILES string of the molecule is COc1ccc(CNC(=O)N[C@@H]2CCN(c3nccs3)C2)cc1OC. The van der Waals surface area contributed by atoms with E-state index in [1.54, 1.807) is 31.8 Å². The van der Waals surface area contributed by atoms with Crippen LogP contribution in [0.3, 0.4) is 0 Å². The summed E-state index contributed by atoms with van der Waals surface area (Å²) in [6.07, 6.45) is 2.72. The first kappa shape index (κ1) is 17.3. The van der Waals surface area contributed by atoms with Crippen LogP contribution in [-0.2, 0) is 6.54 Å². The highest BCUT2D eigenvalue weighted by atomic mass is 32.1. The summed E-state index contributed by atoms with van der Waals surface area (Å²) in [7, 11) is 3.19. The summed E-state index contributed by atoms with van der Waals surface area (Å²) in [5, 5.41) is 8.88. The maximum Gasteiger partial charge on any atom is 0.315 e. The topological polar surface area (TPSA) is 75.7 Å². The molecule has 0 radical (unpaired) electrons. The Bertz CT molecular complexity index is 708. The van der Waals surface area contributed by atoms with Crippen LogP contribution < -0.4 is 25.0 Å². The molecule has 8 heteroatoms. The highest BCUT2D eigenvalue weighted by Crippen LogP contribution is 2.27. The summed E-state index contributed by atoms with van der Waals surface area (Å²) in [6.45, 7) is 2.13. The van der Waals surface area contributed by atoms with Gasteiger partial charge in [-0.2, -0.15) is 0 Å². The van der Waals surface area contributed by atoms with Gasteiger partial charge in [-0.25, -0.2) is 9.78 Å². The van der Waals surface area contributed by atoms with Gasteiger partial charge in [-0.1, -0.05) is 6.07 Å². The smallest absolute Gasteiger partial charge is 0.315 e. The molecule has 0 aliphatic carbocycles. The summed E-state index contributed by atoms with van der Waals surface area (Å²) < 4.78 is 10.5. The molecular weight excluding hydrogens is 340 g/mol. The standard InChI is InChI=1S/C17H22N4O3S/c1-23-14-4-3-12(9-15(14)24-2)10-19-16(22)20-13-5-7-21(11-13)17-18-6-8-25-17/h3-4,6,8-9,13H,5,7,10-11H2,1-2H3,(H2,19,20,22)/t13-/m1/s1. The van der Waals surface area contributed by atoms with Crippen LogP contribution in [0.2, 0.25) is 0 Å². The highest BCUT2D eigenvalue weighted by Gasteiger charge is 2.25. The fraction of sp³-hybridized carbons (Fsp3) is 0.412. The first-order valence-electron chi connectivity index (χ1n) is 8.09. The normalized spacial score (nSPS) is 16.6. The number of hydrogen-bond acceptors (Lipinski definition) is 6. The lowest BCUT2D eigenvalue weighted by molar-refractivity contribution is 0.237. The molecule has 1 aromatic carbocycles. The van der Waals surface area contributed by atoms with Crippen molar-refractivity contribution in [2.24, 2.45) is 0 Å². The van der Waals surface area contributed by atoms with Gasteiger partial charge in [0.05, 0.1) is 14.2 Å². The van der Waals surface area contributed by atoms with Gasteiger partial charge in [0.2, 0.25) is 0 Å². The lowest BCUT2D eigenvalue weighted by atomic mass is 10.2. The van der Waals surface area contributed by atoms with Crippen molar-refractivity contribution in [3.63, 3.8) is 0 Å². The number of anilines is 1. The van der Waals surface area contributed by atoms with E-state index in [-0.39, 0.29) is 12.1 Å². The molecule has 1 aromatic heterocycles. The molecule has 2 aromatic rings. The predicted octanol–water partition coefficient (Wildman–Crippen LogP) is 2.24. The van der Waals surface area contributed by atoms with Crippen LogP contribution in [0.15, 0.2) is 29.8 Å². The number of rotatable bonds is 6. The maximum absolute atomic E-state index is 12.1. The largest absolute Gasteiger partial charge is 0.493 e. The van der Waals surface area contributed by atoms with Crippen LogP contribution in [0, 0.1) is 0 Å². The van der Waals surface area contributed by atoms with Crippen LogP contribution in [-0.4, -0.2) is 44.4 Å². The zero-order valence-corrected chi connectivity index (χ0v) is 15.1. The molecule has 1 aliphatic rings. The number of carbonyl (C=O) groups is 1. The van der Waals surface area contributed by atoms with Gasteiger partial charge in [0.1, 0.15) is 0 Å². The van der Waals surface area contributed by atoms with Crippen molar-refractivity contribution < 1.29 is 14.3 Å². The predicted molar refractivity (Wildman–Crippen MR) is 97.6 cm³/mol. The highest BCUT2D eigenvalue weighted by molar-refractivity contribution is 7.13. The van der Waals surface area contributed by atoms with E-state index >= 15 is 0 Å². The van der Waals surface area contributed by atoms with Gasteiger partial charge in [0.25, 0.3) is 0 Å². The number of carbonyl (C=O) groups excluding carboxylic acids is 1. The molecular formula is C17H22N4O3S. The van der Waals surface area contributed by atoms with Crippen molar-refractivity contribution in [3.8, 4) is 11.5 Å². The lowest BCUT2D eigenvalue weighted by Crippen LogP contribution is -2.43. The maximum atomic E-state index is 12.1. The average Bonchev–Trinajstić information content (AvgIpc) is 3.31. The number of methoxy groups -OCH3 is 2. The molecule has 2 N–H and O–H groups in total. The molecule has 0 saturated carbocycles. The molecule has 3 rings (SSSR count). The van der Waals surface area contributed by atoms with Gasteiger partial charge in [-0.3, -0.25) is 0 Å². The van der Waals surface area contributed by atoms with E-state index in [0.717, 1.165) is 30.2 Å². The fourth-order valence-electron chi connectivity index (χ4n) is 2.83. The quantitative estimate of drug-likeness (QED) is 0.824. The molecule has 7 nitrogen and oxygen atoms in total. The second-order valence-corrected chi connectivity index (χ2v) is 6.64. The van der Waals surface area contributed by atoms with E-state index in [1.165, 1.54) is 0 Å². The third-order valence-corrected chi connectivity index (χ3v) is 4.95. The summed E-state index contributed by atoms with van der Waals surface area (Å²) >= 11 is 1.62. The van der Waals surface area contributed by atoms with Gasteiger partial charge in [-0.05, 0) is 24.1 Å². The Kier molecular flexibility index (Phi) is 5.60. The first-order valence-corrected chi connectivity index (χ1v) is 8.97. The third kappa shape index (κ3) is 4.33. The van der Waals surface area contributed by atoms with Gasteiger partial charge < -0.3 is 25.0 Å². The number of nitrogens with zero attached hydrogens (tertiary/aromatic N) is 2. The Labute approximate surface area is 151 Å². The second-order valence-electron chi connectivity index (χ2n) is 5.76. The van der Waals surface area contributed by atoms with Crippen LogP contribution in [0.25, 0.3) is 0 Å². The minimum absolute atomic E-state index is 0.134. The van der Waals surface area contributed by atoms with Crippen molar-refractivity contribution in [1.29, 1.82) is 0 Å². The zero-order chi connectivity index (χ0) is 17.6. The van der Waals surface area contributed by atoms with Crippen LogP contribution in [0.1, 0.15) is 12.0 Å². The summed E-state index contributed by atoms with van der Waals surface area (Å²) in [5.41, 5.74) is 0.948. The van der Waals surface area contributed by atoms with Gasteiger partial charge >= 0.3 is 6.03 Å². The molecule has 0 unspecified atom stereocenters. The van der Waals surface area contributed by atoms with Gasteiger partial charge in [0, 0.05) is 37.3 Å². The number of ether oxygens (including phenoxy) is 2. The van der Waals surface area contributed by atoms with E-state index in [1.807, 2.05) is 23.6 Å². The molecule has 0 bridgehead atoms. The van der Waals surface area contributed by atoms with Gasteiger partial charge in [0.15, 0.2) is 16.6 Å². The van der Waals surface area contributed by atoms with Crippen molar-refractivity contribution in [2.45, 2.75) is 19.0 Å². The Morgan fingerprint density at radius 2 is 2.20 bits per heavy atom. The average molecular weight is 362 g/mol. The molecule has 134 valence electrons. The summed E-state index contributed by atoms with van der Waals surface area (Å²) in [5.74, 6) is 1.32. The van der Waals surface area contributed by atoms with E-state index in [2.05, 4.69) is 20.5 Å². The third-order valence-electron chi connectivity index (χ3n) is 4.11. The van der Waals surface area contributed by atoms with E-state index in [9.17, 15) is 4.79 Å². The van der Waals surface area contributed by atoms with Crippen LogP contribution in [0.4, 0.5) is 9.93 Å². The molecule has 0 spiro atoms. The Morgan fingerprint density at radius 3 is 2.92 bits per heavy atom. The number of urea groups is 1. The van der Waals surface area contributed by atoms with E-state index in [0.29, 0.717) is 18.0 Å². The Morgan fingerprint density at radius 1 is 1.36 bits per heavy atom. The fourth-order valence-corrected chi connectivity index (χ4v) is 3.51. The van der Waals surface area contributed by atoms with Crippen molar-refractivity contribution in [1.82, 2.24) is 15.6 Å². The van der Waals surface area contributed by atoms with Crippen molar-refractivity contribution in [3.05, 3.63) is 35.3 Å². The zero-order valence-electron chi connectivity index (χ0n) is 14.3. The van der Waals surface area contributed by atoms with Gasteiger partial charge in [-0.15, -0.1) is 11.3 Å². The number of benzene rings is 1. The van der Waals surface area contributed by atoms with Crippen LogP contribution in [0.5, 0.6) is 11.5 Å². The van der Waals surface area contributed by atoms with Crippen LogP contribution >= 0.6 is 11.3 Å². The molecule has 2 amide bonds.